The molecule has 1 rings (SSSR count). The summed E-state index contributed by atoms with van der Waals surface area (Å²) < 4.78 is 0. The molecule has 0 aliphatic rings. The van der Waals surface area contributed by atoms with Gasteiger partial charge in [0.25, 0.3) is 5.91 Å². The van der Waals surface area contributed by atoms with Crippen molar-refractivity contribution in [2.24, 2.45) is 5.92 Å². The van der Waals surface area contributed by atoms with E-state index in [1.807, 2.05) is 26.2 Å². The lowest BCUT2D eigenvalue weighted by Crippen LogP contribution is -2.36. The van der Waals surface area contributed by atoms with Gasteiger partial charge in [0.1, 0.15) is 0 Å². The highest BCUT2D eigenvalue weighted by atomic mass is 16.2. The van der Waals surface area contributed by atoms with Gasteiger partial charge in [0.15, 0.2) is 0 Å². The van der Waals surface area contributed by atoms with Gasteiger partial charge in [0.05, 0.1) is 6.04 Å². The summed E-state index contributed by atoms with van der Waals surface area (Å²) in [4.78, 5) is 22.4. The van der Waals surface area contributed by atoms with E-state index in [2.05, 4.69) is 5.32 Å². The molecule has 1 amide bonds. The molecule has 1 atom stereocenters. The minimum Gasteiger partial charge on any atom is -0.342 e. The van der Waals surface area contributed by atoms with E-state index in [0.29, 0.717) is 17.9 Å². The summed E-state index contributed by atoms with van der Waals surface area (Å²) in [6.45, 7) is 4.00. The first-order valence-corrected chi connectivity index (χ1v) is 5.37. The number of hydrogen-bond acceptors (Lipinski definition) is 2. The van der Waals surface area contributed by atoms with Crippen LogP contribution in [0.25, 0.3) is 0 Å². The molecule has 0 unspecified atom stereocenters. The summed E-state index contributed by atoms with van der Waals surface area (Å²) in [6, 6.07) is 8.33. The van der Waals surface area contributed by atoms with E-state index >= 15 is 0 Å². The molecule has 1 radical (unpaired) electrons. The highest BCUT2D eigenvalue weighted by molar-refractivity contribution is 5.95. The van der Waals surface area contributed by atoms with Gasteiger partial charge >= 0.3 is 0 Å². The first-order chi connectivity index (χ1) is 7.63. The molecule has 16 heavy (non-hydrogen) atoms. The predicted octanol–water partition coefficient (Wildman–Crippen LogP) is 1.94. The van der Waals surface area contributed by atoms with Gasteiger partial charge in [-0.05, 0) is 24.5 Å². The van der Waals surface area contributed by atoms with E-state index in [1.165, 1.54) is 0 Å². The smallest absolute Gasteiger partial charge is 0.251 e. The van der Waals surface area contributed by atoms with Gasteiger partial charge in [0.2, 0.25) is 6.29 Å². The second kappa shape index (κ2) is 6.05. The van der Waals surface area contributed by atoms with E-state index in [9.17, 15) is 9.59 Å². The van der Waals surface area contributed by atoms with Gasteiger partial charge in [-0.3, -0.25) is 9.59 Å². The van der Waals surface area contributed by atoms with Crippen molar-refractivity contribution < 1.29 is 9.59 Å². The molecule has 0 saturated carbocycles. The Kier molecular flexibility index (Phi) is 4.70. The third-order valence-electron chi connectivity index (χ3n) is 2.19. The van der Waals surface area contributed by atoms with Crippen molar-refractivity contribution in [2.75, 3.05) is 0 Å². The zero-order valence-corrected chi connectivity index (χ0v) is 9.57. The van der Waals surface area contributed by atoms with Crippen molar-refractivity contribution in [3.05, 3.63) is 35.9 Å². The van der Waals surface area contributed by atoms with E-state index < -0.39 is 6.04 Å². The van der Waals surface area contributed by atoms with Crippen LogP contribution in [-0.2, 0) is 4.79 Å². The molecule has 1 aromatic rings. The molecule has 3 nitrogen and oxygen atoms in total. The Bertz CT molecular complexity index is 346. The second-order valence-electron chi connectivity index (χ2n) is 4.14. The Balaban J connectivity index is 2.59. The molecule has 0 aliphatic heterocycles. The number of hydrogen-bond donors (Lipinski definition) is 1. The van der Waals surface area contributed by atoms with Crippen molar-refractivity contribution in [1.82, 2.24) is 5.32 Å². The monoisotopic (exact) mass is 218 g/mol. The minimum absolute atomic E-state index is 0.227. The van der Waals surface area contributed by atoms with Crippen LogP contribution in [0.4, 0.5) is 0 Å². The highest BCUT2D eigenvalue weighted by Gasteiger charge is 2.14. The molecule has 0 fully saturated rings. The molecule has 0 bridgehead atoms. The average Bonchev–Trinajstić information content (AvgIpc) is 2.28. The second-order valence-corrected chi connectivity index (χ2v) is 4.14. The molecule has 0 aliphatic carbocycles. The number of carbonyl (C=O) groups is 1. The topological polar surface area (TPSA) is 46.2 Å². The highest BCUT2D eigenvalue weighted by Crippen LogP contribution is 2.04. The fourth-order valence-electron chi connectivity index (χ4n) is 1.44. The number of carbonyl (C=O) groups excluding carboxylic acids is 2. The van der Waals surface area contributed by atoms with Crippen LogP contribution in [0.2, 0.25) is 0 Å². The number of benzene rings is 1. The minimum atomic E-state index is -0.521. The normalized spacial score (nSPS) is 12.2. The van der Waals surface area contributed by atoms with E-state index in [1.54, 1.807) is 24.3 Å². The Morgan fingerprint density at radius 2 is 1.94 bits per heavy atom. The van der Waals surface area contributed by atoms with Crippen LogP contribution in [0.1, 0.15) is 30.6 Å². The Labute approximate surface area is 95.9 Å². The third kappa shape index (κ3) is 3.85. The molecule has 0 spiro atoms. The Morgan fingerprint density at radius 3 is 2.44 bits per heavy atom. The van der Waals surface area contributed by atoms with Gasteiger partial charge < -0.3 is 5.32 Å². The molecule has 0 saturated heterocycles. The molecule has 3 heteroatoms. The van der Waals surface area contributed by atoms with Crippen molar-refractivity contribution in [3.63, 3.8) is 0 Å². The Morgan fingerprint density at radius 1 is 1.31 bits per heavy atom. The summed E-state index contributed by atoms with van der Waals surface area (Å²) in [6.07, 6.45) is 2.47. The molecule has 1 N–H and O–H groups in total. The maximum Gasteiger partial charge on any atom is 0.251 e. The molecule has 0 aromatic heterocycles. The summed E-state index contributed by atoms with van der Waals surface area (Å²) in [7, 11) is 0. The largest absolute Gasteiger partial charge is 0.342 e. The van der Waals surface area contributed by atoms with Crippen molar-refractivity contribution in [2.45, 2.75) is 26.3 Å². The molecule has 85 valence electrons. The molecular weight excluding hydrogens is 202 g/mol. The number of amides is 1. The molecular formula is C13H16NO2. The van der Waals surface area contributed by atoms with Crippen LogP contribution in [0.15, 0.2) is 30.3 Å². The van der Waals surface area contributed by atoms with E-state index in [0.717, 1.165) is 0 Å². The zero-order valence-electron chi connectivity index (χ0n) is 9.57. The zero-order chi connectivity index (χ0) is 12.0. The summed E-state index contributed by atoms with van der Waals surface area (Å²) >= 11 is 0. The van der Waals surface area contributed by atoms with Gasteiger partial charge in [0, 0.05) is 5.56 Å². The fraction of sp³-hybridized carbons (Fsp3) is 0.385. The third-order valence-corrected chi connectivity index (χ3v) is 2.19. The first-order valence-electron chi connectivity index (χ1n) is 5.37. The number of rotatable bonds is 5. The maximum absolute atomic E-state index is 11.7. The lowest BCUT2D eigenvalue weighted by molar-refractivity contribution is 0.0943. The summed E-state index contributed by atoms with van der Waals surface area (Å²) in [5.41, 5.74) is 0.562. The average molecular weight is 218 g/mol. The van der Waals surface area contributed by atoms with Crippen molar-refractivity contribution >= 4 is 12.2 Å². The summed E-state index contributed by atoms with van der Waals surface area (Å²) in [5, 5.41) is 2.65. The first kappa shape index (κ1) is 12.4. The van der Waals surface area contributed by atoms with Crippen LogP contribution in [0.3, 0.4) is 0 Å². The van der Waals surface area contributed by atoms with Gasteiger partial charge in [-0.2, -0.15) is 0 Å². The van der Waals surface area contributed by atoms with Crippen molar-refractivity contribution in [3.8, 4) is 0 Å². The van der Waals surface area contributed by atoms with Gasteiger partial charge in [-0.15, -0.1) is 0 Å². The van der Waals surface area contributed by atoms with Crippen LogP contribution >= 0.6 is 0 Å². The standard InChI is InChI=1S/C13H16NO2/c1-10(2)8-12(9-15)14-13(16)11-6-4-3-5-7-11/h3-7,10,12H,8H2,1-2H3,(H,14,16)/t12-/m0/s1. The fourth-order valence-corrected chi connectivity index (χ4v) is 1.44. The van der Waals surface area contributed by atoms with Crippen LogP contribution < -0.4 is 5.32 Å². The molecule has 0 heterocycles. The van der Waals surface area contributed by atoms with Gasteiger partial charge in [-0.25, -0.2) is 0 Å². The van der Waals surface area contributed by atoms with Crippen molar-refractivity contribution in [1.29, 1.82) is 0 Å². The van der Waals surface area contributed by atoms with Crippen LogP contribution in [0, 0.1) is 5.92 Å². The van der Waals surface area contributed by atoms with Gasteiger partial charge in [-0.1, -0.05) is 32.0 Å². The van der Waals surface area contributed by atoms with E-state index in [-0.39, 0.29) is 5.91 Å². The molecule has 1 aromatic carbocycles. The SMILES string of the molecule is CC(C)C[C@@H]([C]=O)NC(=O)c1ccccc1. The quantitative estimate of drug-likeness (QED) is 0.821. The maximum atomic E-state index is 11.7. The lowest BCUT2D eigenvalue weighted by Gasteiger charge is -2.13. The van der Waals surface area contributed by atoms with E-state index in [4.69, 9.17) is 0 Å². The van der Waals surface area contributed by atoms with Crippen LogP contribution in [-0.4, -0.2) is 18.2 Å². The van der Waals surface area contributed by atoms with Crippen LogP contribution in [0.5, 0.6) is 0 Å². The Hall–Kier alpha value is -1.64. The number of nitrogens with one attached hydrogen (secondary N) is 1. The lowest BCUT2D eigenvalue weighted by atomic mass is 10.0. The predicted molar refractivity (Wildman–Crippen MR) is 62.8 cm³/mol. The summed E-state index contributed by atoms with van der Waals surface area (Å²) in [5.74, 6) is 0.122.